The van der Waals surface area contributed by atoms with Crippen molar-refractivity contribution in [2.75, 3.05) is 5.75 Å². The first-order valence-electron chi connectivity index (χ1n) is 15.1. The predicted octanol–water partition coefficient (Wildman–Crippen LogP) is 8.16. The normalized spacial score (nSPS) is 13.1. The lowest BCUT2D eigenvalue weighted by Gasteiger charge is -2.21. The summed E-state index contributed by atoms with van der Waals surface area (Å²) in [4.78, 5) is 17.8. The molecule has 6 rings (SSSR count). The number of thioether (sulfide) groups is 1. The molecule has 5 aromatic rings. The molecular weight excluding hydrogens is 580 g/mol. The summed E-state index contributed by atoms with van der Waals surface area (Å²) in [5.41, 5.74) is 9.14. The Balaban J connectivity index is 1.27. The van der Waals surface area contributed by atoms with Crippen LogP contribution in [0.5, 0.6) is 5.75 Å². The summed E-state index contributed by atoms with van der Waals surface area (Å²) in [7, 11) is 0. The molecule has 8 heteroatoms. The van der Waals surface area contributed by atoms with Crippen LogP contribution in [0.25, 0.3) is 33.4 Å². The number of nitrogens with one attached hydrogen (secondary N) is 1. The lowest BCUT2D eigenvalue weighted by molar-refractivity contribution is -0.118. The van der Waals surface area contributed by atoms with Crippen molar-refractivity contribution in [1.82, 2.24) is 10.4 Å². The zero-order valence-electron chi connectivity index (χ0n) is 25.6. The highest BCUT2D eigenvalue weighted by atomic mass is 32.2. The van der Waals surface area contributed by atoms with Gasteiger partial charge in [0.05, 0.1) is 23.2 Å². The minimum Gasteiger partial charge on any atom is -0.507 e. The molecule has 0 aliphatic heterocycles. The van der Waals surface area contributed by atoms with Gasteiger partial charge < -0.3 is 9.52 Å². The molecule has 1 aliphatic rings. The zero-order chi connectivity index (χ0) is 31.6. The van der Waals surface area contributed by atoms with Gasteiger partial charge in [0, 0.05) is 39.6 Å². The van der Waals surface area contributed by atoms with Crippen molar-refractivity contribution in [3.63, 3.8) is 0 Å². The molecule has 2 N–H and O–H groups in total. The molecule has 0 bridgehead atoms. The van der Waals surface area contributed by atoms with Crippen LogP contribution in [-0.2, 0) is 23.1 Å². The predicted molar refractivity (Wildman–Crippen MR) is 180 cm³/mol. The van der Waals surface area contributed by atoms with Gasteiger partial charge in [0.15, 0.2) is 0 Å². The molecule has 0 unspecified atom stereocenters. The van der Waals surface area contributed by atoms with Crippen molar-refractivity contribution in [3.05, 3.63) is 101 Å². The van der Waals surface area contributed by atoms with E-state index in [1.165, 1.54) is 18.0 Å². The Kier molecular flexibility index (Phi) is 8.46. The van der Waals surface area contributed by atoms with Gasteiger partial charge in [-0.05, 0) is 42.4 Å². The maximum atomic E-state index is 13.0. The zero-order valence-corrected chi connectivity index (χ0v) is 26.4. The quantitative estimate of drug-likeness (QED) is 0.109. The van der Waals surface area contributed by atoms with Crippen LogP contribution < -0.4 is 5.43 Å². The van der Waals surface area contributed by atoms with Crippen LogP contribution in [0.1, 0.15) is 61.6 Å². The average molecular weight is 615 g/mol. The number of carbonyl (C=O) groups excluding carboxylic acids is 1. The highest BCUT2D eigenvalue weighted by Crippen LogP contribution is 2.42. The number of hydrazone groups is 1. The van der Waals surface area contributed by atoms with Crippen LogP contribution in [0.3, 0.4) is 0 Å². The van der Waals surface area contributed by atoms with Crippen LogP contribution >= 0.6 is 11.8 Å². The molecule has 0 spiro atoms. The van der Waals surface area contributed by atoms with Gasteiger partial charge in [-0.15, -0.1) is 0 Å². The molecule has 3 aromatic carbocycles. The number of nitriles is 1. The SMILES string of the molecule is CC(C)(C)c1cc2oc3c(c2c(/C=N/NC(=O)CSc2nc(-c4ccccc4)cc(-c4ccccc4)c2C#N)c1O)CCCC3. The third-order valence-corrected chi connectivity index (χ3v) is 9.01. The van der Waals surface area contributed by atoms with E-state index in [1.54, 1.807) is 0 Å². The highest BCUT2D eigenvalue weighted by Gasteiger charge is 2.27. The number of aromatic nitrogens is 1. The van der Waals surface area contributed by atoms with Crippen molar-refractivity contribution in [2.24, 2.45) is 5.10 Å². The van der Waals surface area contributed by atoms with Crippen LogP contribution in [0.2, 0.25) is 0 Å². The first-order chi connectivity index (χ1) is 21.7. The number of carbonyl (C=O) groups is 1. The minimum absolute atomic E-state index is 0.00394. The van der Waals surface area contributed by atoms with Gasteiger partial charge in [0.1, 0.15) is 28.2 Å². The standard InChI is InChI=1S/C37H34N4O3S/c1-37(2,3)29-19-32-34(25-16-10-11-17-31(25)44-32)28(35(29)43)21-39-41-33(42)22-45-36-27(20-38)26(23-12-6-4-7-13-23)18-30(40-36)24-14-8-5-9-15-24/h4-9,12-15,18-19,21,43H,10-11,16-17,22H2,1-3H3,(H,41,42)/b39-21+. The Morgan fingerprint density at radius 2 is 1.76 bits per heavy atom. The number of fused-ring (bicyclic) bond motifs is 3. The van der Waals surface area contributed by atoms with E-state index in [9.17, 15) is 15.2 Å². The van der Waals surface area contributed by atoms with Gasteiger partial charge in [-0.25, -0.2) is 10.4 Å². The molecule has 1 amide bonds. The molecule has 0 radical (unpaired) electrons. The maximum absolute atomic E-state index is 13.0. The molecule has 2 aromatic heterocycles. The lowest BCUT2D eigenvalue weighted by Crippen LogP contribution is -2.20. The maximum Gasteiger partial charge on any atom is 0.250 e. The van der Waals surface area contributed by atoms with E-state index in [0.717, 1.165) is 75.9 Å². The van der Waals surface area contributed by atoms with Crippen molar-refractivity contribution >= 4 is 34.9 Å². The van der Waals surface area contributed by atoms with Gasteiger partial charge in [-0.1, -0.05) is 93.2 Å². The van der Waals surface area contributed by atoms with Gasteiger partial charge >= 0.3 is 0 Å². The van der Waals surface area contributed by atoms with E-state index in [2.05, 4.69) is 16.6 Å². The summed E-state index contributed by atoms with van der Waals surface area (Å²) in [6.45, 7) is 6.11. The topological polar surface area (TPSA) is 112 Å². The smallest absolute Gasteiger partial charge is 0.250 e. The Hall–Kier alpha value is -4.87. The van der Waals surface area contributed by atoms with Gasteiger partial charge in [-0.3, -0.25) is 4.79 Å². The first-order valence-corrected chi connectivity index (χ1v) is 16.0. The highest BCUT2D eigenvalue weighted by molar-refractivity contribution is 8.00. The number of phenolic OH excluding ortho intramolecular Hbond substituents is 1. The fourth-order valence-electron chi connectivity index (χ4n) is 5.82. The number of phenols is 1. The van der Waals surface area contributed by atoms with E-state index in [4.69, 9.17) is 9.40 Å². The summed E-state index contributed by atoms with van der Waals surface area (Å²) in [6.07, 6.45) is 5.40. The molecule has 0 saturated carbocycles. The van der Waals surface area contributed by atoms with Gasteiger partial charge in [-0.2, -0.15) is 10.4 Å². The second-order valence-corrected chi connectivity index (χ2v) is 13.1. The van der Waals surface area contributed by atoms with Crippen molar-refractivity contribution < 1.29 is 14.3 Å². The van der Waals surface area contributed by atoms with E-state index in [1.807, 2.05) is 93.6 Å². The molecular formula is C37H34N4O3S. The summed E-state index contributed by atoms with van der Waals surface area (Å²) >= 11 is 1.19. The summed E-state index contributed by atoms with van der Waals surface area (Å²) in [5, 5.41) is 27.1. The number of hydrogen-bond acceptors (Lipinski definition) is 7. The second kappa shape index (κ2) is 12.6. The molecule has 226 valence electrons. The van der Waals surface area contributed by atoms with Gasteiger partial charge in [0.25, 0.3) is 0 Å². The average Bonchev–Trinajstić information content (AvgIpc) is 3.43. The fourth-order valence-corrected chi connectivity index (χ4v) is 6.61. The van der Waals surface area contributed by atoms with E-state index in [0.29, 0.717) is 16.2 Å². The van der Waals surface area contributed by atoms with Crippen LogP contribution in [-0.4, -0.2) is 28.0 Å². The van der Waals surface area contributed by atoms with E-state index >= 15 is 0 Å². The van der Waals surface area contributed by atoms with Crippen molar-refractivity contribution in [2.45, 2.75) is 56.9 Å². The van der Waals surface area contributed by atoms with Crippen LogP contribution in [0.4, 0.5) is 0 Å². The summed E-state index contributed by atoms with van der Waals surface area (Å²) in [5.74, 6) is 0.747. The summed E-state index contributed by atoms with van der Waals surface area (Å²) in [6, 6.07) is 25.6. The number of rotatable bonds is 7. The number of pyridine rings is 1. The van der Waals surface area contributed by atoms with Crippen molar-refractivity contribution in [1.29, 1.82) is 5.26 Å². The van der Waals surface area contributed by atoms with E-state index < -0.39 is 0 Å². The number of hydrogen-bond donors (Lipinski definition) is 2. The lowest BCUT2D eigenvalue weighted by atomic mass is 9.83. The van der Waals surface area contributed by atoms with Gasteiger partial charge in [0.2, 0.25) is 5.91 Å². The number of nitrogens with zero attached hydrogens (tertiary/aromatic N) is 3. The number of aromatic hydroxyl groups is 1. The molecule has 0 saturated heterocycles. The monoisotopic (exact) mass is 614 g/mol. The molecule has 2 heterocycles. The number of furan rings is 1. The Morgan fingerprint density at radius 3 is 2.44 bits per heavy atom. The molecule has 7 nitrogen and oxygen atoms in total. The first kappa shape index (κ1) is 30.2. The Morgan fingerprint density at radius 1 is 1.07 bits per heavy atom. The largest absolute Gasteiger partial charge is 0.507 e. The van der Waals surface area contributed by atoms with E-state index in [-0.39, 0.29) is 22.8 Å². The number of amides is 1. The number of benzene rings is 3. The fraction of sp³-hybridized carbons (Fsp3) is 0.243. The number of aryl methyl sites for hydroxylation is 2. The molecule has 45 heavy (non-hydrogen) atoms. The summed E-state index contributed by atoms with van der Waals surface area (Å²) < 4.78 is 6.25. The Labute approximate surface area is 267 Å². The van der Waals surface area contributed by atoms with Crippen LogP contribution in [0.15, 0.2) is 87.3 Å². The Bertz CT molecular complexity index is 1950. The molecule has 1 aliphatic carbocycles. The second-order valence-electron chi connectivity index (χ2n) is 12.2. The third-order valence-electron chi connectivity index (χ3n) is 8.04. The third kappa shape index (κ3) is 6.22. The van der Waals surface area contributed by atoms with Crippen LogP contribution in [0, 0.1) is 11.3 Å². The minimum atomic E-state index is -0.356. The molecule has 0 fully saturated rings. The molecule has 0 atom stereocenters. The van der Waals surface area contributed by atoms with Crippen molar-refractivity contribution in [3.8, 4) is 34.2 Å².